The van der Waals surface area contributed by atoms with Gasteiger partial charge in [-0.05, 0) is 77.5 Å². The molecule has 0 bridgehead atoms. The molecule has 0 aliphatic rings. The van der Waals surface area contributed by atoms with Gasteiger partial charge in [-0.3, -0.25) is 0 Å². The number of hydrogen-bond donors (Lipinski definition) is 0. The molecule has 0 aliphatic carbocycles. The maximum absolute atomic E-state index is 7.50. The minimum absolute atomic E-state index is 0.0755. The van der Waals surface area contributed by atoms with E-state index in [1.807, 2.05) is 11.8 Å². The van der Waals surface area contributed by atoms with E-state index in [0.29, 0.717) is 0 Å². The fourth-order valence-corrected chi connectivity index (χ4v) is 10.6. The molecule has 4 aromatic carbocycles. The van der Waals surface area contributed by atoms with Crippen molar-refractivity contribution < 1.29 is 4.43 Å². The van der Waals surface area contributed by atoms with Gasteiger partial charge in [-0.1, -0.05) is 111 Å². The van der Waals surface area contributed by atoms with Crippen LogP contribution in [-0.4, -0.2) is 8.32 Å². The summed E-state index contributed by atoms with van der Waals surface area (Å²) in [6.45, 7) is 15.9. The van der Waals surface area contributed by atoms with Crippen LogP contribution in [0.15, 0.2) is 101 Å². The van der Waals surface area contributed by atoms with Gasteiger partial charge in [-0.15, -0.1) is 0 Å². The Morgan fingerprint density at radius 1 is 0.571 bits per heavy atom. The molecule has 0 amide bonds. The SMILES string of the molecule is Cc1c(C)c(Sc2ccccc2)c(C)c(C)c1O[Si](c1ccccc1)(c1ccccc1)C(C)(C)C. The Morgan fingerprint density at radius 2 is 0.971 bits per heavy atom. The second kappa shape index (κ2) is 10.1. The Bertz CT molecular complexity index is 1220. The lowest BCUT2D eigenvalue weighted by Crippen LogP contribution is -2.69. The van der Waals surface area contributed by atoms with Crippen LogP contribution < -0.4 is 14.8 Å². The molecule has 0 fully saturated rings. The zero-order chi connectivity index (χ0) is 25.2. The van der Waals surface area contributed by atoms with E-state index in [1.165, 1.54) is 42.4 Å². The summed E-state index contributed by atoms with van der Waals surface area (Å²) in [5.41, 5.74) is 5.07. The van der Waals surface area contributed by atoms with Crippen molar-refractivity contribution in [1.82, 2.24) is 0 Å². The molecule has 1 nitrogen and oxygen atoms in total. The van der Waals surface area contributed by atoms with E-state index in [4.69, 9.17) is 4.43 Å². The zero-order valence-corrected chi connectivity index (χ0v) is 23.8. The summed E-state index contributed by atoms with van der Waals surface area (Å²) in [5.74, 6) is 1.05. The van der Waals surface area contributed by atoms with Crippen LogP contribution >= 0.6 is 11.8 Å². The van der Waals surface area contributed by atoms with Crippen molar-refractivity contribution in [2.75, 3.05) is 0 Å². The first-order chi connectivity index (χ1) is 16.7. The lowest BCUT2D eigenvalue weighted by atomic mass is 10.00. The summed E-state index contributed by atoms with van der Waals surface area (Å²) in [4.78, 5) is 2.60. The Hall–Kier alpha value is -2.75. The van der Waals surface area contributed by atoms with Gasteiger partial charge in [0, 0.05) is 9.79 Å². The van der Waals surface area contributed by atoms with Gasteiger partial charge in [-0.2, -0.15) is 0 Å². The van der Waals surface area contributed by atoms with E-state index in [1.54, 1.807) is 0 Å². The fourth-order valence-electron chi connectivity index (χ4n) is 4.96. The van der Waals surface area contributed by atoms with Crippen LogP contribution in [0.5, 0.6) is 5.75 Å². The average molecular weight is 497 g/mol. The van der Waals surface area contributed by atoms with Crippen LogP contribution in [0.1, 0.15) is 43.0 Å². The minimum atomic E-state index is -2.70. The van der Waals surface area contributed by atoms with Gasteiger partial charge < -0.3 is 4.43 Å². The maximum Gasteiger partial charge on any atom is 0.319 e. The van der Waals surface area contributed by atoms with Gasteiger partial charge >= 0.3 is 8.32 Å². The predicted octanol–water partition coefficient (Wildman–Crippen LogP) is 8.01. The van der Waals surface area contributed by atoms with Crippen molar-refractivity contribution in [3.05, 3.63) is 113 Å². The Labute approximate surface area is 216 Å². The largest absolute Gasteiger partial charge is 0.534 e. The van der Waals surface area contributed by atoms with Gasteiger partial charge in [0.1, 0.15) is 5.75 Å². The van der Waals surface area contributed by atoms with Crippen molar-refractivity contribution >= 4 is 30.5 Å². The van der Waals surface area contributed by atoms with E-state index in [0.717, 1.165) is 5.75 Å². The standard InChI is InChI=1S/C32H36OSSi/c1-23-25(3)31(34-27-17-11-8-12-18-27)26(4)24(2)30(23)33-35(32(5,6)7,28-19-13-9-14-20-28)29-21-15-10-16-22-29/h8-22H,1-7H3. The van der Waals surface area contributed by atoms with Gasteiger partial charge in [0.15, 0.2) is 0 Å². The topological polar surface area (TPSA) is 9.23 Å². The van der Waals surface area contributed by atoms with Crippen LogP contribution in [0, 0.1) is 27.7 Å². The molecule has 3 heteroatoms. The van der Waals surface area contributed by atoms with Crippen LogP contribution in [0.4, 0.5) is 0 Å². The number of rotatable bonds is 6. The lowest BCUT2D eigenvalue weighted by Gasteiger charge is -2.44. The highest BCUT2D eigenvalue weighted by molar-refractivity contribution is 7.99. The molecule has 0 unspecified atom stereocenters. The average Bonchev–Trinajstić information content (AvgIpc) is 2.86. The summed E-state index contributed by atoms with van der Waals surface area (Å²) in [7, 11) is -2.70. The predicted molar refractivity (Wildman–Crippen MR) is 154 cm³/mol. The molecule has 0 radical (unpaired) electrons. The summed E-state index contributed by atoms with van der Waals surface area (Å²) >= 11 is 1.85. The maximum atomic E-state index is 7.50. The second-order valence-corrected chi connectivity index (χ2v) is 15.6. The molecular formula is C32H36OSSi. The lowest BCUT2D eigenvalue weighted by molar-refractivity contribution is 0.500. The van der Waals surface area contributed by atoms with E-state index >= 15 is 0 Å². The molecule has 0 aromatic heterocycles. The van der Waals surface area contributed by atoms with Crippen LogP contribution in [-0.2, 0) is 0 Å². The van der Waals surface area contributed by atoms with Crippen LogP contribution in [0.2, 0.25) is 5.04 Å². The minimum Gasteiger partial charge on any atom is -0.534 e. The molecule has 4 rings (SSSR count). The van der Waals surface area contributed by atoms with Gasteiger partial charge in [0.25, 0.3) is 0 Å². The highest BCUT2D eigenvalue weighted by Crippen LogP contribution is 2.44. The van der Waals surface area contributed by atoms with Crippen molar-refractivity contribution in [2.45, 2.75) is 63.3 Å². The zero-order valence-electron chi connectivity index (χ0n) is 22.0. The molecule has 180 valence electrons. The normalized spacial score (nSPS) is 12.0. The third kappa shape index (κ3) is 4.72. The molecule has 0 spiro atoms. The van der Waals surface area contributed by atoms with Gasteiger partial charge in [0.2, 0.25) is 0 Å². The first kappa shape index (κ1) is 25.3. The first-order valence-electron chi connectivity index (χ1n) is 12.3. The van der Waals surface area contributed by atoms with Gasteiger partial charge in [-0.25, -0.2) is 0 Å². The quantitative estimate of drug-likeness (QED) is 0.250. The van der Waals surface area contributed by atoms with Gasteiger partial charge in [0.05, 0.1) is 0 Å². The third-order valence-electron chi connectivity index (χ3n) is 7.12. The van der Waals surface area contributed by atoms with Crippen molar-refractivity contribution in [2.24, 2.45) is 0 Å². The molecule has 0 saturated carbocycles. The van der Waals surface area contributed by atoms with E-state index in [9.17, 15) is 0 Å². The Balaban J connectivity index is 1.93. The number of benzene rings is 4. The monoisotopic (exact) mass is 496 g/mol. The Morgan fingerprint density at radius 3 is 1.37 bits per heavy atom. The molecule has 0 atom stereocenters. The smallest absolute Gasteiger partial charge is 0.319 e. The van der Waals surface area contributed by atoms with Crippen molar-refractivity contribution in [3.8, 4) is 5.75 Å². The summed E-state index contributed by atoms with van der Waals surface area (Å²) in [5, 5.41) is 2.53. The summed E-state index contributed by atoms with van der Waals surface area (Å²) < 4.78 is 7.50. The van der Waals surface area contributed by atoms with Crippen molar-refractivity contribution in [3.63, 3.8) is 0 Å². The van der Waals surface area contributed by atoms with Crippen LogP contribution in [0.3, 0.4) is 0 Å². The number of hydrogen-bond acceptors (Lipinski definition) is 2. The summed E-state index contributed by atoms with van der Waals surface area (Å²) in [6.07, 6.45) is 0. The first-order valence-corrected chi connectivity index (χ1v) is 15.0. The molecule has 0 aliphatic heterocycles. The van der Waals surface area contributed by atoms with E-state index < -0.39 is 8.32 Å². The molecule has 0 saturated heterocycles. The highest BCUT2D eigenvalue weighted by Gasteiger charge is 2.52. The van der Waals surface area contributed by atoms with E-state index in [-0.39, 0.29) is 5.04 Å². The van der Waals surface area contributed by atoms with Crippen LogP contribution in [0.25, 0.3) is 0 Å². The van der Waals surface area contributed by atoms with Crippen molar-refractivity contribution in [1.29, 1.82) is 0 Å². The molecule has 0 N–H and O–H groups in total. The second-order valence-electron chi connectivity index (χ2n) is 10.3. The van der Waals surface area contributed by atoms with E-state index in [2.05, 4.69) is 139 Å². The molecule has 35 heavy (non-hydrogen) atoms. The molecule has 4 aromatic rings. The fraction of sp³-hybridized carbons (Fsp3) is 0.250. The Kier molecular flexibility index (Phi) is 7.30. The highest BCUT2D eigenvalue weighted by atomic mass is 32.2. The third-order valence-corrected chi connectivity index (χ3v) is 13.4. The molecular weight excluding hydrogens is 461 g/mol. The summed E-state index contributed by atoms with van der Waals surface area (Å²) in [6, 6.07) is 32.4. The molecule has 0 heterocycles.